The maximum Gasteiger partial charge on any atom is 0.357 e. The second-order valence-electron chi connectivity index (χ2n) is 7.82. The molecular weight excluding hydrogens is 464 g/mol. The van der Waals surface area contributed by atoms with Crippen LogP contribution in [0.25, 0.3) is 6.08 Å². The number of rotatable bonds is 3. The molecule has 11 heteroatoms. The van der Waals surface area contributed by atoms with Crippen LogP contribution in [0.1, 0.15) is 21.5 Å². The number of aliphatic hydroxyl groups is 1. The number of hydrogen-bond donors (Lipinski definition) is 6. The van der Waals surface area contributed by atoms with Gasteiger partial charge in [-0.05, 0) is 42.0 Å². The Labute approximate surface area is 195 Å². The monoisotopic (exact) mass is 480 g/mol. The Morgan fingerprint density at radius 2 is 1.54 bits per heavy atom. The molecule has 2 unspecified atom stereocenters. The molecule has 2 aliphatic heterocycles. The lowest BCUT2D eigenvalue weighted by Crippen LogP contribution is -2.70. The topological polar surface area (TPSA) is 183 Å². The van der Waals surface area contributed by atoms with Crippen molar-refractivity contribution >= 4 is 17.8 Å². The number of carbonyl (C=O) groups excluding carboxylic acids is 1. The summed E-state index contributed by atoms with van der Waals surface area (Å²) in [7, 11) is 0. The Bertz CT molecular complexity index is 1440. The van der Waals surface area contributed by atoms with E-state index in [1.165, 1.54) is 30.3 Å². The van der Waals surface area contributed by atoms with E-state index in [-0.39, 0.29) is 22.8 Å². The standard InChI is InChI=1S/C24H16O11/c25-13-9-16(28)21-19(10-13)35-24(12-3-4-14(26)15(27)8-12)23(32,22(21)31)33-18-7-11(2-6-20(29)30)1-5-17(18)34-24/h1-10,25-28,32H,(H,29,30)/b6-2+. The second-order valence-corrected chi connectivity index (χ2v) is 7.82. The Balaban J connectivity index is 1.75. The summed E-state index contributed by atoms with van der Waals surface area (Å²) in [5, 5.41) is 60.6. The summed E-state index contributed by atoms with van der Waals surface area (Å²) < 4.78 is 17.6. The van der Waals surface area contributed by atoms with Crippen LogP contribution >= 0.6 is 0 Å². The van der Waals surface area contributed by atoms with E-state index in [2.05, 4.69) is 0 Å². The molecule has 0 aromatic heterocycles. The van der Waals surface area contributed by atoms with Gasteiger partial charge in [0.2, 0.25) is 0 Å². The Morgan fingerprint density at radius 3 is 2.26 bits per heavy atom. The SMILES string of the molecule is O=C(O)/C=C/c1ccc2c(c1)OC1(O)C(=O)c3c(O)cc(O)cc3OC1(c1ccc(O)c(O)c1)O2. The van der Waals surface area contributed by atoms with Crippen LogP contribution in [0.5, 0.6) is 40.2 Å². The zero-order chi connectivity index (χ0) is 25.1. The highest BCUT2D eigenvalue weighted by Crippen LogP contribution is 2.55. The predicted molar refractivity (Wildman–Crippen MR) is 115 cm³/mol. The molecule has 3 aromatic carbocycles. The van der Waals surface area contributed by atoms with Crippen LogP contribution in [0.2, 0.25) is 0 Å². The third-order valence-electron chi connectivity index (χ3n) is 5.55. The first-order valence-electron chi connectivity index (χ1n) is 10.0. The number of phenols is 4. The third-order valence-corrected chi connectivity index (χ3v) is 5.55. The minimum absolute atomic E-state index is 0.0321. The van der Waals surface area contributed by atoms with Crippen molar-refractivity contribution in [3.05, 3.63) is 71.3 Å². The summed E-state index contributed by atoms with van der Waals surface area (Å²) in [6.07, 6.45) is 2.12. The maximum atomic E-state index is 13.6. The fourth-order valence-electron chi connectivity index (χ4n) is 3.96. The molecule has 11 nitrogen and oxygen atoms in total. The van der Waals surface area contributed by atoms with Crippen LogP contribution in [-0.4, -0.2) is 48.2 Å². The first-order chi connectivity index (χ1) is 16.5. The van der Waals surface area contributed by atoms with Crippen LogP contribution < -0.4 is 14.2 Å². The van der Waals surface area contributed by atoms with Gasteiger partial charge in [-0.15, -0.1) is 0 Å². The summed E-state index contributed by atoms with van der Waals surface area (Å²) >= 11 is 0. The average Bonchev–Trinajstić information content (AvgIpc) is 2.78. The second kappa shape index (κ2) is 7.30. The molecule has 6 N–H and O–H groups in total. The number of benzene rings is 3. The summed E-state index contributed by atoms with van der Waals surface area (Å²) in [6, 6.07) is 9.32. The molecule has 2 aliphatic rings. The highest BCUT2D eigenvalue weighted by molar-refractivity contribution is 6.08. The van der Waals surface area contributed by atoms with E-state index in [0.717, 1.165) is 30.3 Å². The Kier molecular flexibility index (Phi) is 4.57. The van der Waals surface area contributed by atoms with Gasteiger partial charge >= 0.3 is 17.5 Å². The summed E-state index contributed by atoms with van der Waals surface area (Å²) in [4.78, 5) is 24.4. The molecule has 2 atom stereocenters. The minimum atomic E-state index is -2.99. The summed E-state index contributed by atoms with van der Waals surface area (Å²) in [6.45, 7) is 0. The zero-order valence-electron chi connectivity index (χ0n) is 17.5. The van der Waals surface area contributed by atoms with Gasteiger partial charge in [0.05, 0.1) is 0 Å². The molecule has 0 aliphatic carbocycles. The third kappa shape index (κ3) is 3.17. The van der Waals surface area contributed by atoms with Crippen molar-refractivity contribution in [3.8, 4) is 40.2 Å². The molecule has 0 radical (unpaired) electrons. The van der Waals surface area contributed by atoms with Crippen molar-refractivity contribution in [2.24, 2.45) is 0 Å². The number of ketones is 1. The fraction of sp³-hybridized carbons (Fsp3) is 0.0833. The number of fused-ring (bicyclic) bond motifs is 3. The number of ether oxygens (including phenoxy) is 3. The van der Waals surface area contributed by atoms with Gasteiger partial charge in [-0.2, -0.15) is 0 Å². The van der Waals surface area contributed by atoms with E-state index in [4.69, 9.17) is 19.3 Å². The fourth-order valence-corrected chi connectivity index (χ4v) is 3.96. The van der Waals surface area contributed by atoms with Gasteiger partial charge in [0.25, 0.3) is 5.78 Å². The number of aromatic hydroxyl groups is 4. The average molecular weight is 480 g/mol. The molecule has 0 saturated carbocycles. The van der Waals surface area contributed by atoms with Crippen molar-refractivity contribution in [2.45, 2.75) is 11.6 Å². The van der Waals surface area contributed by atoms with Gasteiger partial charge in [0.15, 0.2) is 23.0 Å². The highest BCUT2D eigenvalue weighted by atomic mass is 16.8. The maximum absolute atomic E-state index is 13.6. The number of Topliss-reactive ketones (excluding diaryl/α,β-unsaturated/α-hetero) is 1. The van der Waals surface area contributed by atoms with Gasteiger partial charge in [0.1, 0.15) is 22.8 Å². The van der Waals surface area contributed by atoms with Crippen molar-refractivity contribution < 1.29 is 54.4 Å². The van der Waals surface area contributed by atoms with E-state index < -0.39 is 51.9 Å². The number of carboxylic acid groups (broad SMARTS) is 1. The normalized spacial score (nSPS) is 22.3. The lowest BCUT2D eigenvalue weighted by molar-refractivity contribution is -0.316. The molecular formula is C24H16O11. The van der Waals surface area contributed by atoms with Crippen LogP contribution in [0, 0.1) is 0 Å². The molecule has 0 saturated heterocycles. The number of carbonyl (C=O) groups is 2. The van der Waals surface area contributed by atoms with Gasteiger partial charge in [-0.1, -0.05) is 6.07 Å². The van der Waals surface area contributed by atoms with Crippen LogP contribution in [0.15, 0.2) is 54.6 Å². The number of carboxylic acids is 1. The van der Waals surface area contributed by atoms with Gasteiger partial charge < -0.3 is 44.8 Å². The Hall–Kier alpha value is -4.90. The smallest absolute Gasteiger partial charge is 0.357 e. The van der Waals surface area contributed by atoms with Crippen molar-refractivity contribution in [1.29, 1.82) is 0 Å². The predicted octanol–water partition coefficient (Wildman–Crippen LogP) is 2.19. The quantitative estimate of drug-likeness (QED) is 0.239. The van der Waals surface area contributed by atoms with E-state index in [0.29, 0.717) is 5.56 Å². The minimum Gasteiger partial charge on any atom is -0.508 e. The van der Waals surface area contributed by atoms with Crippen molar-refractivity contribution in [3.63, 3.8) is 0 Å². The Morgan fingerprint density at radius 1 is 0.800 bits per heavy atom. The van der Waals surface area contributed by atoms with Crippen molar-refractivity contribution in [2.75, 3.05) is 0 Å². The molecule has 0 spiro atoms. The van der Waals surface area contributed by atoms with Gasteiger partial charge in [-0.25, -0.2) is 4.79 Å². The molecule has 178 valence electrons. The summed E-state index contributed by atoms with van der Waals surface area (Å²) in [5.74, 6) is -10.7. The highest BCUT2D eigenvalue weighted by Gasteiger charge is 2.70. The van der Waals surface area contributed by atoms with Gasteiger partial charge in [-0.3, -0.25) is 4.79 Å². The first-order valence-corrected chi connectivity index (χ1v) is 10.0. The summed E-state index contributed by atoms with van der Waals surface area (Å²) in [5.41, 5.74) is -0.319. The molecule has 0 fully saturated rings. The molecule has 0 bridgehead atoms. The number of aliphatic carboxylic acids is 1. The van der Waals surface area contributed by atoms with Crippen molar-refractivity contribution in [1.82, 2.24) is 0 Å². The molecule has 35 heavy (non-hydrogen) atoms. The van der Waals surface area contributed by atoms with Crippen LogP contribution in [0.3, 0.4) is 0 Å². The van der Waals surface area contributed by atoms with E-state index in [9.17, 15) is 35.1 Å². The first kappa shape index (κ1) is 21.9. The van der Waals surface area contributed by atoms with Crippen LogP contribution in [0.4, 0.5) is 0 Å². The molecule has 5 rings (SSSR count). The number of hydrogen-bond acceptors (Lipinski definition) is 10. The van der Waals surface area contributed by atoms with E-state index in [1.54, 1.807) is 0 Å². The zero-order valence-corrected chi connectivity index (χ0v) is 17.5. The molecule has 2 heterocycles. The van der Waals surface area contributed by atoms with Crippen LogP contribution in [-0.2, 0) is 10.6 Å². The molecule has 3 aromatic rings. The van der Waals surface area contributed by atoms with Gasteiger partial charge in [0, 0.05) is 23.8 Å². The lowest BCUT2D eigenvalue weighted by atomic mass is 9.85. The van der Waals surface area contributed by atoms with E-state index >= 15 is 0 Å². The largest absolute Gasteiger partial charge is 0.508 e. The number of phenolic OH excluding ortho intramolecular Hbond substituents is 4. The molecule has 0 amide bonds. The lowest BCUT2D eigenvalue weighted by Gasteiger charge is -2.50. The van der Waals surface area contributed by atoms with E-state index in [1.807, 2.05) is 0 Å².